The van der Waals surface area contributed by atoms with Crippen LogP contribution in [0.25, 0.3) is 10.2 Å². The Morgan fingerprint density at radius 3 is 2.69 bits per heavy atom. The number of aliphatic hydroxyl groups excluding tert-OH is 1. The number of aromatic nitrogens is 2. The predicted molar refractivity (Wildman–Crippen MR) is 121 cm³/mol. The van der Waals surface area contributed by atoms with Crippen LogP contribution in [0.1, 0.15) is 36.6 Å². The van der Waals surface area contributed by atoms with E-state index in [1.165, 1.54) is 15.8 Å². The fraction of sp³-hybridized carbons (Fsp3) is 0.478. The minimum absolute atomic E-state index is 0.210. The lowest BCUT2D eigenvalue weighted by Gasteiger charge is -2.39. The van der Waals surface area contributed by atoms with Crippen molar-refractivity contribution in [2.45, 2.75) is 45.2 Å². The SMILES string of the molecule is CCc1cc2c(N(CCCO)C3CCN(Cc4ccccc4)CC3)ncnc2s1. The molecule has 0 radical (unpaired) electrons. The number of aryl methyl sites for hydroxylation is 1. The van der Waals surface area contributed by atoms with Crippen LogP contribution in [0.15, 0.2) is 42.7 Å². The van der Waals surface area contributed by atoms with Crippen molar-refractivity contribution in [3.63, 3.8) is 0 Å². The molecule has 1 fully saturated rings. The van der Waals surface area contributed by atoms with Crippen molar-refractivity contribution >= 4 is 27.4 Å². The maximum absolute atomic E-state index is 9.46. The summed E-state index contributed by atoms with van der Waals surface area (Å²) in [6, 6.07) is 13.4. The minimum Gasteiger partial charge on any atom is -0.396 e. The van der Waals surface area contributed by atoms with Gasteiger partial charge in [-0.25, -0.2) is 9.97 Å². The van der Waals surface area contributed by atoms with E-state index in [0.717, 1.165) is 62.5 Å². The molecule has 1 aliphatic heterocycles. The molecule has 29 heavy (non-hydrogen) atoms. The van der Waals surface area contributed by atoms with Crippen LogP contribution in [0.4, 0.5) is 5.82 Å². The van der Waals surface area contributed by atoms with E-state index in [1.54, 1.807) is 17.7 Å². The van der Waals surface area contributed by atoms with Gasteiger partial charge in [0.15, 0.2) is 0 Å². The number of aliphatic hydroxyl groups is 1. The van der Waals surface area contributed by atoms with Gasteiger partial charge in [-0.15, -0.1) is 11.3 Å². The summed E-state index contributed by atoms with van der Waals surface area (Å²) in [5.41, 5.74) is 1.38. The first-order valence-electron chi connectivity index (χ1n) is 10.7. The van der Waals surface area contributed by atoms with Crippen LogP contribution >= 0.6 is 11.3 Å². The average molecular weight is 411 g/mol. The van der Waals surface area contributed by atoms with Crippen molar-refractivity contribution in [1.82, 2.24) is 14.9 Å². The van der Waals surface area contributed by atoms with Gasteiger partial charge in [-0.1, -0.05) is 37.3 Å². The lowest BCUT2D eigenvalue weighted by atomic mass is 10.0. The van der Waals surface area contributed by atoms with Crippen LogP contribution in [-0.4, -0.2) is 52.3 Å². The third-order valence-electron chi connectivity index (χ3n) is 5.78. The van der Waals surface area contributed by atoms with Crippen molar-refractivity contribution in [3.05, 3.63) is 53.2 Å². The number of nitrogens with zero attached hydrogens (tertiary/aromatic N) is 4. The Hall–Kier alpha value is -2.02. The van der Waals surface area contributed by atoms with Gasteiger partial charge < -0.3 is 10.0 Å². The summed E-state index contributed by atoms with van der Waals surface area (Å²) in [5, 5.41) is 10.6. The molecule has 0 atom stereocenters. The van der Waals surface area contributed by atoms with Gasteiger partial charge in [0.25, 0.3) is 0 Å². The highest BCUT2D eigenvalue weighted by molar-refractivity contribution is 7.18. The fourth-order valence-electron chi connectivity index (χ4n) is 4.23. The molecule has 4 rings (SSSR count). The second-order valence-electron chi connectivity index (χ2n) is 7.75. The molecule has 1 saturated heterocycles. The Bertz CT molecular complexity index is 906. The topological polar surface area (TPSA) is 52.5 Å². The molecule has 3 aromatic rings. The molecule has 0 bridgehead atoms. The summed E-state index contributed by atoms with van der Waals surface area (Å²) in [6.45, 7) is 6.43. The van der Waals surface area contributed by atoms with Gasteiger partial charge in [0.05, 0.1) is 5.39 Å². The highest BCUT2D eigenvalue weighted by Crippen LogP contribution is 2.33. The molecular weight excluding hydrogens is 380 g/mol. The molecule has 0 amide bonds. The molecule has 1 aromatic carbocycles. The predicted octanol–water partition coefficient (Wildman–Crippen LogP) is 4.11. The van der Waals surface area contributed by atoms with E-state index in [0.29, 0.717) is 6.04 Å². The largest absolute Gasteiger partial charge is 0.396 e. The summed E-state index contributed by atoms with van der Waals surface area (Å²) in [6.07, 6.45) is 5.72. The van der Waals surface area contributed by atoms with Crippen LogP contribution in [0.3, 0.4) is 0 Å². The Labute approximate surface area is 177 Å². The zero-order valence-electron chi connectivity index (χ0n) is 17.1. The standard InChI is InChI=1S/C23H30N4OS/c1-2-20-15-21-22(24-17-25-23(21)29-20)27(11-6-14-28)19-9-12-26(13-10-19)16-18-7-4-3-5-8-18/h3-5,7-8,15,17,19,28H,2,6,9-14,16H2,1H3. The smallest absolute Gasteiger partial charge is 0.141 e. The summed E-state index contributed by atoms with van der Waals surface area (Å²) in [5.74, 6) is 1.04. The van der Waals surface area contributed by atoms with Crippen LogP contribution in [0.2, 0.25) is 0 Å². The molecule has 1 N–H and O–H groups in total. The number of hydrogen-bond donors (Lipinski definition) is 1. The molecule has 5 nitrogen and oxygen atoms in total. The van der Waals surface area contributed by atoms with E-state index >= 15 is 0 Å². The van der Waals surface area contributed by atoms with E-state index in [4.69, 9.17) is 4.98 Å². The second kappa shape index (κ2) is 9.65. The lowest BCUT2D eigenvalue weighted by molar-refractivity contribution is 0.199. The molecule has 0 saturated carbocycles. The van der Waals surface area contributed by atoms with Gasteiger partial charge in [-0.2, -0.15) is 0 Å². The molecule has 2 aromatic heterocycles. The van der Waals surface area contributed by atoms with Gasteiger partial charge in [0.2, 0.25) is 0 Å². The van der Waals surface area contributed by atoms with E-state index in [9.17, 15) is 5.11 Å². The highest BCUT2D eigenvalue weighted by Gasteiger charge is 2.27. The third kappa shape index (κ3) is 4.77. The van der Waals surface area contributed by atoms with Crippen molar-refractivity contribution in [1.29, 1.82) is 0 Å². The number of likely N-dealkylation sites (tertiary alicyclic amines) is 1. The molecule has 0 unspecified atom stereocenters. The van der Waals surface area contributed by atoms with Crippen LogP contribution < -0.4 is 4.90 Å². The molecule has 1 aliphatic rings. The zero-order valence-corrected chi connectivity index (χ0v) is 17.9. The maximum Gasteiger partial charge on any atom is 0.141 e. The second-order valence-corrected chi connectivity index (χ2v) is 8.86. The summed E-state index contributed by atoms with van der Waals surface area (Å²) in [4.78, 5) is 16.6. The van der Waals surface area contributed by atoms with Gasteiger partial charge in [0.1, 0.15) is 17.0 Å². The number of fused-ring (bicyclic) bond motifs is 1. The van der Waals surface area contributed by atoms with E-state index in [-0.39, 0.29) is 6.61 Å². The average Bonchev–Trinajstić information content (AvgIpc) is 3.20. The number of rotatable bonds is 8. The third-order valence-corrected chi connectivity index (χ3v) is 6.97. The van der Waals surface area contributed by atoms with E-state index in [2.05, 4.69) is 58.1 Å². The van der Waals surface area contributed by atoms with E-state index in [1.807, 2.05) is 0 Å². The first-order chi connectivity index (χ1) is 14.3. The Balaban J connectivity index is 1.50. The molecular formula is C23H30N4OS. The lowest BCUT2D eigenvalue weighted by Crippen LogP contribution is -2.45. The summed E-state index contributed by atoms with van der Waals surface area (Å²) in [7, 11) is 0. The van der Waals surface area contributed by atoms with E-state index < -0.39 is 0 Å². The van der Waals surface area contributed by atoms with Crippen LogP contribution in [0.5, 0.6) is 0 Å². The number of thiophene rings is 1. The maximum atomic E-state index is 9.46. The molecule has 0 spiro atoms. The van der Waals surface area contributed by atoms with Crippen molar-refractivity contribution in [3.8, 4) is 0 Å². The molecule has 6 heteroatoms. The van der Waals surface area contributed by atoms with Gasteiger partial charge >= 0.3 is 0 Å². The minimum atomic E-state index is 0.210. The van der Waals surface area contributed by atoms with Crippen LogP contribution in [0, 0.1) is 0 Å². The van der Waals surface area contributed by atoms with Gasteiger partial charge in [-0.3, -0.25) is 4.90 Å². The van der Waals surface area contributed by atoms with Crippen molar-refractivity contribution in [2.24, 2.45) is 0 Å². The molecule has 154 valence electrons. The first kappa shape index (κ1) is 20.3. The molecule has 3 heterocycles. The first-order valence-corrected chi connectivity index (χ1v) is 11.5. The monoisotopic (exact) mass is 410 g/mol. The Morgan fingerprint density at radius 1 is 1.17 bits per heavy atom. The molecule has 0 aliphatic carbocycles. The van der Waals surface area contributed by atoms with Gasteiger partial charge in [-0.05, 0) is 37.3 Å². The number of anilines is 1. The normalized spacial score (nSPS) is 15.8. The summed E-state index contributed by atoms with van der Waals surface area (Å²) < 4.78 is 0. The van der Waals surface area contributed by atoms with Crippen LogP contribution in [-0.2, 0) is 13.0 Å². The van der Waals surface area contributed by atoms with Crippen molar-refractivity contribution in [2.75, 3.05) is 31.1 Å². The fourth-order valence-corrected chi connectivity index (χ4v) is 5.16. The zero-order chi connectivity index (χ0) is 20.1. The summed E-state index contributed by atoms with van der Waals surface area (Å²) >= 11 is 1.77. The number of piperidine rings is 1. The highest BCUT2D eigenvalue weighted by atomic mass is 32.1. The Morgan fingerprint density at radius 2 is 1.97 bits per heavy atom. The number of benzene rings is 1. The number of hydrogen-bond acceptors (Lipinski definition) is 6. The van der Waals surface area contributed by atoms with Gasteiger partial charge in [0, 0.05) is 43.7 Å². The van der Waals surface area contributed by atoms with Crippen molar-refractivity contribution < 1.29 is 5.11 Å². The Kier molecular flexibility index (Phi) is 6.74. The quantitative estimate of drug-likeness (QED) is 0.606.